The quantitative estimate of drug-likeness (QED) is 0.752. The summed E-state index contributed by atoms with van der Waals surface area (Å²) in [5, 5.41) is 0. The van der Waals surface area contributed by atoms with Crippen LogP contribution >= 0.6 is 0 Å². The summed E-state index contributed by atoms with van der Waals surface area (Å²) in [5.74, 6) is -0.302. The first-order chi connectivity index (χ1) is 7.70. The van der Waals surface area contributed by atoms with Crippen LogP contribution in [0.4, 0.5) is 0 Å². The lowest BCUT2D eigenvalue weighted by Crippen LogP contribution is -2.46. The molecule has 0 bridgehead atoms. The summed E-state index contributed by atoms with van der Waals surface area (Å²) in [5.41, 5.74) is 5.61. The molecule has 3 atom stereocenters. The largest absolute Gasteiger partial charge is 0.461 e. The van der Waals surface area contributed by atoms with Crippen molar-refractivity contribution in [2.45, 2.75) is 71.8 Å². The average molecular weight is 243 g/mol. The van der Waals surface area contributed by atoms with E-state index in [1.165, 1.54) is 0 Å². The van der Waals surface area contributed by atoms with Crippen molar-refractivity contribution in [3.05, 3.63) is 0 Å². The topological polar surface area (TPSA) is 61.5 Å². The Labute approximate surface area is 104 Å². The Morgan fingerprint density at radius 3 is 2.18 bits per heavy atom. The molecule has 4 nitrogen and oxygen atoms in total. The number of carbonyl (C=O) groups is 1. The minimum atomic E-state index is -0.573. The third-order valence-corrected chi connectivity index (χ3v) is 3.12. The van der Waals surface area contributed by atoms with Crippen LogP contribution in [0, 0.1) is 5.41 Å². The Morgan fingerprint density at radius 2 is 1.76 bits per heavy atom. The summed E-state index contributed by atoms with van der Waals surface area (Å²) < 4.78 is 11.1. The number of nitrogens with two attached hydrogens (primary N) is 1. The van der Waals surface area contributed by atoms with Gasteiger partial charge in [-0.15, -0.1) is 0 Å². The number of rotatable bonds is 2. The first kappa shape index (κ1) is 14.5. The van der Waals surface area contributed by atoms with Gasteiger partial charge in [-0.25, -0.2) is 0 Å². The van der Waals surface area contributed by atoms with Gasteiger partial charge in [-0.2, -0.15) is 0 Å². The van der Waals surface area contributed by atoms with Crippen molar-refractivity contribution in [3.8, 4) is 0 Å². The van der Waals surface area contributed by atoms with E-state index in [4.69, 9.17) is 15.2 Å². The fourth-order valence-electron chi connectivity index (χ4n) is 2.03. The highest BCUT2D eigenvalue weighted by atomic mass is 16.6. The summed E-state index contributed by atoms with van der Waals surface area (Å²) in [6.07, 6.45) is 1.74. The maximum absolute atomic E-state index is 11.9. The zero-order chi connectivity index (χ0) is 13.2. The molecule has 17 heavy (non-hydrogen) atoms. The molecular weight excluding hydrogens is 218 g/mol. The number of esters is 1. The predicted octanol–water partition coefficient (Wildman–Crippen LogP) is 1.86. The van der Waals surface area contributed by atoms with Gasteiger partial charge in [-0.1, -0.05) is 20.8 Å². The molecule has 0 aromatic carbocycles. The smallest absolute Gasteiger partial charge is 0.323 e. The van der Waals surface area contributed by atoms with Crippen LogP contribution < -0.4 is 5.73 Å². The number of carbonyl (C=O) groups excluding carboxylic acids is 1. The number of hydrogen-bond donors (Lipinski definition) is 1. The maximum atomic E-state index is 11.9. The van der Waals surface area contributed by atoms with Crippen molar-refractivity contribution >= 4 is 5.97 Å². The Morgan fingerprint density at radius 1 is 1.29 bits per heavy atom. The fourth-order valence-corrected chi connectivity index (χ4v) is 2.03. The van der Waals surface area contributed by atoms with E-state index in [1.54, 1.807) is 0 Å². The molecule has 1 aliphatic heterocycles. The van der Waals surface area contributed by atoms with E-state index in [2.05, 4.69) is 0 Å². The highest BCUT2D eigenvalue weighted by molar-refractivity contribution is 5.76. The monoisotopic (exact) mass is 243 g/mol. The maximum Gasteiger partial charge on any atom is 0.323 e. The van der Waals surface area contributed by atoms with Crippen molar-refractivity contribution in [2.75, 3.05) is 0 Å². The van der Waals surface area contributed by atoms with Gasteiger partial charge in [-0.3, -0.25) is 4.79 Å². The van der Waals surface area contributed by atoms with E-state index in [9.17, 15) is 4.79 Å². The molecule has 1 fully saturated rings. The summed E-state index contributed by atoms with van der Waals surface area (Å²) >= 11 is 0. The van der Waals surface area contributed by atoms with E-state index in [1.807, 2.05) is 34.6 Å². The molecule has 100 valence electrons. The fraction of sp³-hybridized carbons (Fsp3) is 0.923. The summed E-state index contributed by atoms with van der Waals surface area (Å²) in [6, 6.07) is -0.573. The normalized spacial score (nSPS) is 32.0. The molecule has 1 saturated heterocycles. The van der Waals surface area contributed by atoms with Crippen LogP contribution in [-0.2, 0) is 14.3 Å². The molecule has 0 radical (unpaired) electrons. The van der Waals surface area contributed by atoms with E-state index >= 15 is 0 Å². The highest BCUT2D eigenvalue weighted by Crippen LogP contribution is 2.24. The van der Waals surface area contributed by atoms with E-state index in [0.717, 1.165) is 12.8 Å². The minimum Gasteiger partial charge on any atom is -0.461 e. The van der Waals surface area contributed by atoms with Gasteiger partial charge in [0.2, 0.25) is 0 Å². The van der Waals surface area contributed by atoms with E-state index < -0.39 is 6.04 Å². The minimum absolute atomic E-state index is 0.0605. The Balaban J connectivity index is 2.51. The highest BCUT2D eigenvalue weighted by Gasteiger charge is 2.33. The molecule has 1 rings (SSSR count). The van der Waals surface area contributed by atoms with Crippen molar-refractivity contribution < 1.29 is 14.3 Å². The van der Waals surface area contributed by atoms with Gasteiger partial charge in [0.15, 0.2) is 0 Å². The van der Waals surface area contributed by atoms with Crippen molar-refractivity contribution in [1.82, 2.24) is 0 Å². The van der Waals surface area contributed by atoms with Crippen molar-refractivity contribution in [1.29, 1.82) is 0 Å². The molecule has 0 aromatic rings. The van der Waals surface area contributed by atoms with Gasteiger partial charge < -0.3 is 15.2 Å². The summed E-state index contributed by atoms with van der Waals surface area (Å²) in [6.45, 7) is 9.82. The van der Waals surface area contributed by atoms with Crippen molar-refractivity contribution in [3.63, 3.8) is 0 Å². The SMILES string of the molecule is CC1CC(OC(=O)[C@@H](N)C(C)(C)C)CC(C)O1. The van der Waals surface area contributed by atoms with Gasteiger partial charge in [-0.05, 0) is 19.3 Å². The van der Waals surface area contributed by atoms with Crippen LogP contribution in [0.5, 0.6) is 0 Å². The standard InChI is InChI=1S/C13H25NO3/c1-8-6-10(7-9(2)16-8)17-12(15)11(14)13(3,4)5/h8-11H,6-7,14H2,1-5H3/t8?,9?,10?,11-/m1/s1. The molecule has 0 saturated carbocycles. The second kappa shape index (κ2) is 5.36. The second-order valence-corrected chi connectivity index (χ2v) is 6.13. The predicted molar refractivity (Wildman–Crippen MR) is 66.6 cm³/mol. The van der Waals surface area contributed by atoms with Crippen LogP contribution in [-0.4, -0.2) is 30.3 Å². The Bertz CT molecular complexity index is 262. The van der Waals surface area contributed by atoms with Crippen LogP contribution in [0.25, 0.3) is 0 Å². The van der Waals surface area contributed by atoms with Gasteiger partial charge in [0.1, 0.15) is 12.1 Å². The van der Waals surface area contributed by atoms with Crippen LogP contribution in [0.1, 0.15) is 47.5 Å². The lowest BCUT2D eigenvalue weighted by atomic mass is 9.87. The first-order valence-electron chi connectivity index (χ1n) is 6.31. The lowest BCUT2D eigenvalue weighted by molar-refractivity contribution is -0.163. The van der Waals surface area contributed by atoms with Crippen LogP contribution in [0.15, 0.2) is 0 Å². The van der Waals surface area contributed by atoms with Gasteiger partial charge in [0, 0.05) is 12.8 Å². The van der Waals surface area contributed by atoms with Crippen LogP contribution in [0.3, 0.4) is 0 Å². The third-order valence-electron chi connectivity index (χ3n) is 3.12. The van der Waals surface area contributed by atoms with Gasteiger partial charge >= 0.3 is 5.97 Å². The number of hydrogen-bond acceptors (Lipinski definition) is 4. The third kappa shape index (κ3) is 4.28. The molecule has 2 unspecified atom stereocenters. The molecule has 1 aliphatic rings. The summed E-state index contributed by atoms with van der Waals surface area (Å²) in [4.78, 5) is 11.9. The zero-order valence-electron chi connectivity index (χ0n) is 11.5. The average Bonchev–Trinajstić information content (AvgIpc) is 2.13. The van der Waals surface area contributed by atoms with E-state index in [-0.39, 0.29) is 29.7 Å². The zero-order valence-corrected chi connectivity index (χ0v) is 11.5. The second-order valence-electron chi connectivity index (χ2n) is 6.13. The lowest BCUT2D eigenvalue weighted by Gasteiger charge is -2.33. The molecule has 0 aliphatic carbocycles. The van der Waals surface area contributed by atoms with E-state index in [0.29, 0.717) is 0 Å². The first-order valence-corrected chi connectivity index (χ1v) is 6.31. The Kier molecular flexibility index (Phi) is 4.55. The molecule has 0 aromatic heterocycles. The van der Waals surface area contributed by atoms with Crippen LogP contribution in [0.2, 0.25) is 0 Å². The van der Waals surface area contributed by atoms with Gasteiger partial charge in [0.05, 0.1) is 12.2 Å². The Hall–Kier alpha value is -0.610. The molecule has 4 heteroatoms. The molecular formula is C13H25NO3. The van der Waals surface area contributed by atoms with Gasteiger partial charge in [0.25, 0.3) is 0 Å². The van der Waals surface area contributed by atoms with Crippen molar-refractivity contribution in [2.24, 2.45) is 11.1 Å². The molecule has 1 heterocycles. The molecule has 2 N–H and O–H groups in total. The molecule has 0 spiro atoms. The number of ether oxygens (including phenoxy) is 2. The molecule has 0 amide bonds. The summed E-state index contributed by atoms with van der Waals surface area (Å²) in [7, 11) is 0.